The fourth-order valence-electron chi connectivity index (χ4n) is 2.75. The highest BCUT2D eigenvalue weighted by atomic mass is 16.4. The minimum Gasteiger partial charge on any atom is -0.481 e. The Balaban J connectivity index is 2.15. The number of carbonyl (C=O) groups is 2. The molecule has 0 unspecified atom stereocenters. The molecule has 19 heavy (non-hydrogen) atoms. The van der Waals surface area contributed by atoms with Crippen LogP contribution in [0.2, 0.25) is 0 Å². The van der Waals surface area contributed by atoms with E-state index in [1.54, 1.807) is 11.9 Å². The Kier molecular flexibility index (Phi) is 4.20. The summed E-state index contributed by atoms with van der Waals surface area (Å²) in [6.45, 7) is 0. The number of amides is 1. The van der Waals surface area contributed by atoms with Crippen LogP contribution in [0.4, 0.5) is 5.69 Å². The summed E-state index contributed by atoms with van der Waals surface area (Å²) in [5.74, 6) is -1.86. The van der Waals surface area contributed by atoms with E-state index in [-0.39, 0.29) is 5.91 Å². The van der Waals surface area contributed by atoms with Crippen molar-refractivity contribution in [1.29, 1.82) is 0 Å². The maximum atomic E-state index is 12.5. The van der Waals surface area contributed by atoms with Gasteiger partial charge in [0.25, 0.3) is 0 Å². The Morgan fingerprint density at radius 3 is 2.26 bits per heavy atom. The number of benzene rings is 1. The number of rotatable bonds is 3. The highest BCUT2D eigenvalue weighted by Gasteiger charge is 2.37. The highest BCUT2D eigenvalue weighted by molar-refractivity contribution is 5.96. The number of anilines is 1. The summed E-state index contributed by atoms with van der Waals surface area (Å²) >= 11 is 0. The van der Waals surface area contributed by atoms with E-state index in [0.717, 1.165) is 18.5 Å². The standard InChI is InChI=1S/C15H19NO3/c1-16(11-7-3-2-4-8-11)14(17)12-9-5-6-10-13(12)15(18)19/h2-4,7-8,12-13H,5-6,9-10H2,1H3,(H,18,19)/t12-,13+/m1/s1. The third-order valence-electron chi connectivity index (χ3n) is 3.87. The average molecular weight is 261 g/mol. The van der Waals surface area contributed by atoms with Gasteiger partial charge in [-0.15, -0.1) is 0 Å². The van der Waals surface area contributed by atoms with Crippen molar-refractivity contribution in [3.8, 4) is 0 Å². The first kappa shape index (κ1) is 13.6. The first-order valence-electron chi connectivity index (χ1n) is 6.66. The number of nitrogens with zero attached hydrogens (tertiary/aromatic N) is 1. The molecular formula is C15H19NO3. The molecule has 1 amide bonds. The summed E-state index contributed by atoms with van der Waals surface area (Å²) in [4.78, 5) is 25.3. The first-order valence-corrected chi connectivity index (χ1v) is 6.66. The van der Waals surface area contributed by atoms with Crippen molar-refractivity contribution in [3.05, 3.63) is 30.3 Å². The van der Waals surface area contributed by atoms with Gasteiger partial charge in [-0.05, 0) is 25.0 Å². The summed E-state index contributed by atoms with van der Waals surface area (Å²) in [7, 11) is 1.71. The normalized spacial score (nSPS) is 22.8. The van der Waals surface area contributed by atoms with E-state index in [2.05, 4.69) is 0 Å². The van der Waals surface area contributed by atoms with Gasteiger partial charge < -0.3 is 10.0 Å². The largest absolute Gasteiger partial charge is 0.481 e. The van der Waals surface area contributed by atoms with Crippen molar-refractivity contribution in [1.82, 2.24) is 0 Å². The zero-order valence-corrected chi connectivity index (χ0v) is 11.1. The van der Waals surface area contributed by atoms with Gasteiger partial charge in [0, 0.05) is 12.7 Å². The van der Waals surface area contributed by atoms with Gasteiger partial charge in [0.15, 0.2) is 0 Å². The van der Waals surface area contributed by atoms with E-state index in [4.69, 9.17) is 0 Å². The molecule has 1 aromatic rings. The second kappa shape index (κ2) is 5.87. The summed E-state index contributed by atoms with van der Waals surface area (Å²) in [6, 6.07) is 9.35. The Bertz CT molecular complexity index is 458. The van der Waals surface area contributed by atoms with Crippen LogP contribution < -0.4 is 4.90 Å². The van der Waals surface area contributed by atoms with E-state index in [9.17, 15) is 14.7 Å². The molecule has 0 aliphatic heterocycles. The molecular weight excluding hydrogens is 242 g/mol. The summed E-state index contributed by atoms with van der Waals surface area (Å²) < 4.78 is 0. The Morgan fingerprint density at radius 2 is 1.68 bits per heavy atom. The number of carboxylic acids is 1. The monoisotopic (exact) mass is 261 g/mol. The molecule has 4 heteroatoms. The Hall–Kier alpha value is -1.84. The minimum absolute atomic E-state index is 0.0849. The van der Waals surface area contributed by atoms with Gasteiger partial charge in [-0.1, -0.05) is 31.0 Å². The van der Waals surface area contributed by atoms with Gasteiger partial charge in [0.2, 0.25) is 5.91 Å². The van der Waals surface area contributed by atoms with Crippen molar-refractivity contribution < 1.29 is 14.7 Å². The SMILES string of the molecule is CN(C(=O)[C@@H]1CCCC[C@@H]1C(=O)O)c1ccccc1. The predicted molar refractivity (Wildman–Crippen MR) is 72.9 cm³/mol. The van der Waals surface area contributed by atoms with Crippen LogP contribution in [0.1, 0.15) is 25.7 Å². The van der Waals surface area contributed by atoms with Crippen molar-refractivity contribution in [3.63, 3.8) is 0 Å². The molecule has 0 spiro atoms. The molecule has 0 saturated heterocycles. The lowest BCUT2D eigenvalue weighted by atomic mass is 9.78. The number of carbonyl (C=O) groups excluding carboxylic acids is 1. The van der Waals surface area contributed by atoms with E-state index in [1.165, 1.54) is 0 Å². The second-order valence-electron chi connectivity index (χ2n) is 5.07. The van der Waals surface area contributed by atoms with Gasteiger partial charge in [-0.2, -0.15) is 0 Å². The smallest absolute Gasteiger partial charge is 0.307 e. The van der Waals surface area contributed by atoms with Gasteiger partial charge in [-0.25, -0.2) is 0 Å². The lowest BCUT2D eigenvalue weighted by molar-refractivity contribution is -0.148. The van der Waals surface area contributed by atoms with Gasteiger partial charge in [0.1, 0.15) is 0 Å². The number of para-hydroxylation sites is 1. The number of hydrogen-bond donors (Lipinski definition) is 1. The van der Waals surface area contributed by atoms with Gasteiger partial charge >= 0.3 is 5.97 Å². The Labute approximate surface area is 113 Å². The number of carboxylic acid groups (broad SMARTS) is 1. The topological polar surface area (TPSA) is 57.6 Å². The maximum Gasteiger partial charge on any atom is 0.307 e. The molecule has 0 aromatic heterocycles. The molecule has 1 aliphatic rings. The molecule has 102 valence electrons. The van der Waals surface area contributed by atoms with Crippen molar-refractivity contribution >= 4 is 17.6 Å². The molecule has 2 rings (SSSR count). The fourth-order valence-corrected chi connectivity index (χ4v) is 2.75. The van der Waals surface area contributed by atoms with Crippen LogP contribution in [0, 0.1) is 11.8 Å². The molecule has 1 aliphatic carbocycles. The first-order chi connectivity index (χ1) is 9.11. The third kappa shape index (κ3) is 2.95. The van der Waals surface area contributed by atoms with Crippen LogP contribution in [0.25, 0.3) is 0 Å². The van der Waals surface area contributed by atoms with Crippen LogP contribution in [0.15, 0.2) is 30.3 Å². The van der Waals surface area contributed by atoms with Crippen LogP contribution in [-0.4, -0.2) is 24.0 Å². The zero-order chi connectivity index (χ0) is 13.8. The quantitative estimate of drug-likeness (QED) is 0.909. The molecule has 2 atom stereocenters. The van der Waals surface area contributed by atoms with Crippen molar-refractivity contribution in [2.24, 2.45) is 11.8 Å². The van der Waals surface area contributed by atoms with E-state index < -0.39 is 17.8 Å². The van der Waals surface area contributed by atoms with Gasteiger partial charge in [-0.3, -0.25) is 9.59 Å². The maximum absolute atomic E-state index is 12.5. The number of hydrogen-bond acceptors (Lipinski definition) is 2. The van der Waals surface area contributed by atoms with Crippen molar-refractivity contribution in [2.45, 2.75) is 25.7 Å². The second-order valence-corrected chi connectivity index (χ2v) is 5.07. The molecule has 4 nitrogen and oxygen atoms in total. The van der Waals surface area contributed by atoms with Gasteiger partial charge in [0.05, 0.1) is 11.8 Å². The molecule has 1 saturated carbocycles. The fraction of sp³-hybridized carbons (Fsp3) is 0.467. The molecule has 0 radical (unpaired) electrons. The van der Waals surface area contributed by atoms with E-state index in [1.807, 2.05) is 30.3 Å². The average Bonchev–Trinajstić information content (AvgIpc) is 2.46. The lowest BCUT2D eigenvalue weighted by Gasteiger charge is -2.31. The summed E-state index contributed by atoms with van der Waals surface area (Å²) in [5.41, 5.74) is 0.808. The van der Waals surface area contributed by atoms with Crippen LogP contribution in [0.5, 0.6) is 0 Å². The summed E-state index contributed by atoms with van der Waals surface area (Å²) in [6.07, 6.45) is 3.11. The third-order valence-corrected chi connectivity index (χ3v) is 3.87. The molecule has 1 aromatic carbocycles. The highest BCUT2D eigenvalue weighted by Crippen LogP contribution is 2.32. The number of aliphatic carboxylic acids is 1. The van der Waals surface area contributed by atoms with E-state index >= 15 is 0 Å². The molecule has 1 fully saturated rings. The van der Waals surface area contributed by atoms with Crippen molar-refractivity contribution in [2.75, 3.05) is 11.9 Å². The predicted octanol–water partition coefficient (Wildman–Crippen LogP) is 2.54. The minimum atomic E-state index is -0.848. The molecule has 0 heterocycles. The Morgan fingerprint density at radius 1 is 1.11 bits per heavy atom. The van der Waals surface area contributed by atoms with Crippen LogP contribution in [0.3, 0.4) is 0 Å². The summed E-state index contributed by atoms with van der Waals surface area (Å²) in [5, 5.41) is 9.24. The molecule has 1 N–H and O–H groups in total. The zero-order valence-electron chi connectivity index (χ0n) is 11.1. The van der Waals surface area contributed by atoms with Crippen LogP contribution in [-0.2, 0) is 9.59 Å². The van der Waals surface area contributed by atoms with E-state index in [0.29, 0.717) is 12.8 Å². The lowest BCUT2D eigenvalue weighted by Crippen LogP contribution is -2.40. The van der Waals surface area contributed by atoms with Crippen LogP contribution >= 0.6 is 0 Å². The molecule has 0 bridgehead atoms.